The number of hydrogen-bond donors (Lipinski definition) is 3. The van der Waals surface area contributed by atoms with Crippen LogP contribution in [0.25, 0.3) is 22.0 Å². The molecule has 102 valence electrons. The predicted molar refractivity (Wildman–Crippen MR) is 79.1 cm³/mol. The van der Waals surface area contributed by atoms with Crippen LogP contribution in [0.2, 0.25) is 0 Å². The van der Waals surface area contributed by atoms with Crippen LogP contribution in [0.1, 0.15) is 11.3 Å². The molecule has 0 saturated heterocycles. The molecule has 3 N–H and O–H groups in total. The van der Waals surface area contributed by atoms with Crippen LogP contribution >= 0.6 is 0 Å². The second-order valence-corrected chi connectivity index (χ2v) is 4.86. The van der Waals surface area contributed by atoms with Crippen molar-refractivity contribution in [2.75, 3.05) is 0 Å². The van der Waals surface area contributed by atoms with Gasteiger partial charge in [-0.15, -0.1) is 0 Å². The van der Waals surface area contributed by atoms with Crippen molar-refractivity contribution < 1.29 is 9.59 Å². The molecule has 0 fully saturated rings. The molecule has 2 amide bonds. The maximum absolute atomic E-state index is 12.2. The van der Waals surface area contributed by atoms with Gasteiger partial charge in [0.2, 0.25) is 0 Å². The first-order valence-corrected chi connectivity index (χ1v) is 6.56. The molecule has 5 heteroatoms. The lowest BCUT2D eigenvalue weighted by atomic mass is 9.99. The van der Waals surface area contributed by atoms with Crippen molar-refractivity contribution in [2.45, 2.75) is 0 Å². The summed E-state index contributed by atoms with van der Waals surface area (Å²) in [6, 6.07) is 11.3. The van der Waals surface area contributed by atoms with Crippen molar-refractivity contribution >= 4 is 33.9 Å². The third-order valence-electron chi connectivity index (χ3n) is 3.66. The molecule has 1 aromatic carbocycles. The summed E-state index contributed by atoms with van der Waals surface area (Å²) < 4.78 is 0. The Kier molecular flexibility index (Phi) is 2.35. The topological polar surface area (TPSA) is 77.8 Å². The molecule has 3 aromatic rings. The average Bonchev–Trinajstić information content (AvgIpc) is 3.17. The van der Waals surface area contributed by atoms with Crippen molar-refractivity contribution in [3.8, 4) is 0 Å². The van der Waals surface area contributed by atoms with E-state index >= 15 is 0 Å². The minimum absolute atomic E-state index is 0.366. The summed E-state index contributed by atoms with van der Waals surface area (Å²) >= 11 is 0. The van der Waals surface area contributed by atoms with Crippen molar-refractivity contribution in [1.82, 2.24) is 15.3 Å². The minimum atomic E-state index is -0.372. The highest BCUT2D eigenvalue weighted by Crippen LogP contribution is 2.34. The molecule has 0 unspecified atom stereocenters. The lowest BCUT2D eigenvalue weighted by Gasteiger charge is -2.01. The summed E-state index contributed by atoms with van der Waals surface area (Å²) in [7, 11) is 0. The van der Waals surface area contributed by atoms with Crippen LogP contribution in [0, 0.1) is 0 Å². The highest BCUT2D eigenvalue weighted by molar-refractivity contribution is 6.49. The Bertz CT molecular complexity index is 901. The van der Waals surface area contributed by atoms with E-state index in [-0.39, 0.29) is 11.8 Å². The van der Waals surface area contributed by atoms with Crippen LogP contribution in [-0.2, 0) is 9.59 Å². The maximum atomic E-state index is 12.2. The zero-order chi connectivity index (χ0) is 14.4. The van der Waals surface area contributed by atoms with E-state index < -0.39 is 0 Å². The summed E-state index contributed by atoms with van der Waals surface area (Å²) in [4.78, 5) is 30.4. The number of H-pyrrole nitrogens is 2. The number of rotatable bonds is 2. The van der Waals surface area contributed by atoms with E-state index in [0.717, 1.165) is 16.5 Å². The van der Waals surface area contributed by atoms with Gasteiger partial charge in [0.1, 0.15) is 0 Å². The molecule has 0 atom stereocenters. The van der Waals surface area contributed by atoms with Gasteiger partial charge in [-0.2, -0.15) is 0 Å². The Balaban J connectivity index is 2.04. The smallest absolute Gasteiger partial charge is 0.261 e. The van der Waals surface area contributed by atoms with Gasteiger partial charge < -0.3 is 9.97 Å². The number of carbonyl (C=O) groups excluding carboxylic acids is 2. The fraction of sp³-hybridized carbons (Fsp3) is 0. The molecule has 2 aromatic heterocycles. The Morgan fingerprint density at radius 1 is 0.810 bits per heavy atom. The zero-order valence-electron chi connectivity index (χ0n) is 10.9. The van der Waals surface area contributed by atoms with E-state index in [1.807, 2.05) is 24.3 Å². The molecular formula is C16H11N3O2. The third-order valence-corrected chi connectivity index (χ3v) is 3.66. The Morgan fingerprint density at radius 3 is 2.43 bits per heavy atom. The van der Waals surface area contributed by atoms with Gasteiger partial charge in [0, 0.05) is 28.9 Å². The molecule has 3 heterocycles. The normalized spacial score (nSPS) is 15.0. The number of benzene rings is 1. The van der Waals surface area contributed by atoms with Crippen LogP contribution in [0.15, 0.2) is 48.8 Å². The fourth-order valence-electron chi connectivity index (χ4n) is 2.73. The van der Waals surface area contributed by atoms with Crippen molar-refractivity contribution in [1.29, 1.82) is 0 Å². The number of fused-ring (bicyclic) bond motifs is 1. The fourth-order valence-corrected chi connectivity index (χ4v) is 2.73. The van der Waals surface area contributed by atoms with Gasteiger partial charge in [-0.25, -0.2) is 0 Å². The van der Waals surface area contributed by atoms with E-state index in [1.54, 1.807) is 24.5 Å². The second kappa shape index (κ2) is 4.21. The first-order valence-electron chi connectivity index (χ1n) is 6.56. The number of para-hydroxylation sites is 1. The zero-order valence-corrected chi connectivity index (χ0v) is 10.9. The van der Waals surface area contributed by atoms with Gasteiger partial charge in [-0.05, 0) is 18.2 Å². The predicted octanol–water partition coefficient (Wildman–Crippen LogP) is 2.06. The van der Waals surface area contributed by atoms with Gasteiger partial charge >= 0.3 is 0 Å². The number of amides is 2. The molecule has 0 spiro atoms. The van der Waals surface area contributed by atoms with E-state index in [0.29, 0.717) is 16.8 Å². The van der Waals surface area contributed by atoms with Crippen molar-refractivity contribution in [3.63, 3.8) is 0 Å². The van der Waals surface area contributed by atoms with Crippen LogP contribution in [0.3, 0.4) is 0 Å². The molecule has 1 aliphatic heterocycles. The molecule has 0 saturated carbocycles. The van der Waals surface area contributed by atoms with Crippen LogP contribution < -0.4 is 5.32 Å². The largest absolute Gasteiger partial charge is 0.361 e. The highest BCUT2D eigenvalue weighted by atomic mass is 16.2. The second-order valence-electron chi connectivity index (χ2n) is 4.86. The lowest BCUT2D eigenvalue weighted by molar-refractivity contribution is -0.122. The number of nitrogens with one attached hydrogen (secondary N) is 3. The summed E-state index contributed by atoms with van der Waals surface area (Å²) in [5, 5.41) is 3.29. The van der Waals surface area contributed by atoms with Crippen LogP contribution in [0.4, 0.5) is 0 Å². The molecule has 0 bridgehead atoms. The SMILES string of the molecule is O=C1NC(=O)C(c2c[nH]c3ccccc23)=C1c1ccc[nH]1. The van der Waals surface area contributed by atoms with Gasteiger partial charge in [0.05, 0.1) is 16.8 Å². The molecule has 0 aliphatic carbocycles. The quantitative estimate of drug-likeness (QED) is 0.627. The first kappa shape index (κ1) is 11.7. The third kappa shape index (κ3) is 1.64. The monoisotopic (exact) mass is 277 g/mol. The van der Waals surface area contributed by atoms with E-state index in [4.69, 9.17) is 0 Å². The Hall–Kier alpha value is -3.08. The minimum Gasteiger partial charge on any atom is -0.361 e. The summed E-state index contributed by atoms with van der Waals surface area (Å²) in [5.74, 6) is -0.739. The van der Waals surface area contributed by atoms with E-state index in [1.165, 1.54) is 0 Å². The van der Waals surface area contributed by atoms with Crippen molar-refractivity contribution in [2.24, 2.45) is 0 Å². The highest BCUT2D eigenvalue weighted by Gasteiger charge is 2.33. The molecule has 1 aliphatic rings. The standard InChI is InChI=1S/C16H11N3O2/c20-15-13(10-8-18-11-5-2-1-4-9(10)11)14(16(21)19-15)12-6-3-7-17-12/h1-8,17-18H,(H,19,20,21). The summed E-state index contributed by atoms with van der Waals surface area (Å²) in [6.45, 7) is 0. The van der Waals surface area contributed by atoms with Crippen molar-refractivity contribution in [3.05, 3.63) is 60.0 Å². The van der Waals surface area contributed by atoms with Crippen LogP contribution in [-0.4, -0.2) is 21.8 Å². The van der Waals surface area contributed by atoms with Gasteiger partial charge in [0.15, 0.2) is 0 Å². The Labute approximate surface area is 119 Å². The molecule has 0 radical (unpaired) electrons. The van der Waals surface area contributed by atoms with E-state index in [9.17, 15) is 9.59 Å². The molecule has 21 heavy (non-hydrogen) atoms. The molecule has 5 nitrogen and oxygen atoms in total. The number of imide groups is 1. The number of hydrogen-bond acceptors (Lipinski definition) is 2. The number of aromatic nitrogens is 2. The lowest BCUT2D eigenvalue weighted by Crippen LogP contribution is -2.22. The van der Waals surface area contributed by atoms with E-state index in [2.05, 4.69) is 15.3 Å². The number of carbonyl (C=O) groups is 2. The Morgan fingerprint density at radius 2 is 1.62 bits per heavy atom. The van der Waals surface area contributed by atoms with Crippen LogP contribution in [0.5, 0.6) is 0 Å². The first-order chi connectivity index (χ1) is 10.3. The molecule has 4 rings (SSSR count). The van der Waals surface area contributed by atoms with Gasteiger partial charge in [-0.1, -0.05) is 18.2 Å². The van der Waals surface area contributed by atoms with Gasteiger partial charge in [-0.3, -0.25) is 14.9 Å². The number of aromatic amines is 2. The maximum Gasteiger partial charge on any atom is 0.261 e. The average molecular weight is 277 g/mol. The van der Waals surface area contributed by atoms with Gasteiger partial charge in [0.25, 0.3) is 11.8 Å². The summed E-state index contributed by atoms with van der Waals surface area (Å²) in [5.41, 5.74) is 3.09. The molecular weight excluding hydrogens is 266 g/mol. The summed E-state index contributed by atoms with van der Waals surface area (Å²) in [6.07, 6.45) is 3.49.